The Bertz CT molecular complexity index is 1350. The second-order valence-electron chi connectivity index (χ2n) is 11.0. The second kappa shape index (κ2) is 13.7. The van der Waals surface area contributed by atoms with Crippen LogP contribution in [-0.2, 0) is 22.6 Å². The molecule has 0 bridgehead atoms. The monoisotopic (exact) mass is 581 g/mol. The largest absolute Gasteiger partial charge is 0.445 e. The lowest BCUT2D eigenvalue weighted by Gasteiger charge is -2.45. The van der Waals surface area contributed by atoms with Gasteiger partial charge in [-0.15, -0.1) is 12.4 Å². The molecule has 7 N–H and O–H groups in total. The molecule has 1 aliphatic heterocycles. The summed E-state index contributed by atoms with van der Waals surface area (Å²) in [5, 5.41) is 17.3. The highest BCUT2D eigenvalue weighted by atomic mass is 35.5. The van der Waals surface area contributed by atoms with E-state index in [1.54, 1.807) is 0 Å². The number of nitrogens with one attached hydrogen (secondary N) is 5. The van der Waals surface area contributed by atoms with E-state index in [0.29, 0.717) is 37.9 Å². The number of nitrogens with two attached hydrogens (primary N) is 1. The first kappa shape index (κ1) is 30.2. The number of H-pyrrole nitrogens is 1. The van der Waals surface area contributed by atoms with Gasteiger partial charge < -0.3 is 36.3 Å². The van der Waals surface area contributed by atoms with Crippen LogP contribution in [0.4, 0.5) is 4.79 Å². The van der Waals surface area contributed by atoms with E-state index in [1.807, 2.05) is 30.3 Å². The minimum atomic E-state index is -0.753. The summed E-state index contributed by atoms with van der Waals surface area (Å²) >= 11 is 0. The van der Waals surface area contributed by atoms with Crippen LogP contribution in [0.5, 0.6) is 0 Å². The van der Waals surface area contributed by atoms with Crippen molar-refractivity contribution in [2.24, 2.45) is 11.7 Å². The third kappa shape index (κ3) is 7.31. The highest BCUT2D eigenvalue weighted by Gasteiger charge is 2.39. The summed E-state index contributed by atoms with van der Waals surface area (Å²) < 4.78 is 5.36. The lowest BCUT2D eigenvalue weighted by Crippen LogP contribution is -2.52. The number of carbonyl (C=O) groups excluding carboxylic acids is 2. The number of ether oxygens (including phenoxy) is 1. The summed E-state index contributed by atoms with van der Waals surface area (Å²) in [6, 6.07) is 15.6. The number of rotatable bonds is 10. The topological polar surface area (TPSA) is 148 Å². The van der Waals surface area contributed by atoms with Crippen molar-refractivity contribution in [1.82, 2.24) is 25.8 Å². The first-order valence-corrected chi connectivity index (χ1v) is 14.0. The predicted molar refractivity (Wildman–Crippen MR) is 162 cm³/mol. The molecular formula is C30H40ClN7O3. The Morgan fingerprint density at radius 3 is 2.76 bits per heavy atom. The summed E-state index contributed by atoms with van der Waals surface area (Å²) in [7, 11) is 2.18. The molecule has 2 heterocycles. The number of benzene rings is 2. The molecular weight excluding hydrogens is 542 g/mol. The minimum Gasteiger partial charge on any atom is -0.445 e. The van der Waals surface area contributed by atoms with Gasteiger partial charge in [-0.3, -0.25) is 10.2 Å². The van der Waals surface area contributed by atoms with Crippen LogP contribution in [0.1, 0.15) is 41.9 Å². The van der Waals surface area contributed by atoms with Gasteiger partial charge in [-0.25, -0.2) is 4.79 Å². The van der Waals surface area contributed by atoms with Crippen LogP contribution in [0.15, 0.2) is 54.7 Å². The Morgan fingerprint density at radius 1 is 1.17 bits per heavy atom. The summed E-state index contributed by atoms with van der Waals surface area (Å²) in [6.07, 6.45) is 4.48. The van der Waals surface area contributed by atoms with Crippen molar-refractivity contribution in [3.8, 4) is 0 Å². The smallest absolute Gasteiger partial charge is 0.408 e. The lowest BCUT2D eigenvalue weighted by atomic mass is 9.72. The zero-order valence-corrected chi connectivity index (χ0v) is 24.1. The number of guanidine groups is 1. The Hall–Kier alpha value is -3.76. The van der Waals surface area contributed by atoms with Gasteiger partial charge in [0.1, 0.15) is 12.6 Å². The molecule has 1 aromatic heterocycles. The van der Waals surface area contributed by atoms with Crippen molar-refractivity contribution >= 4 is 41.3 Å². The number of nitrogens with zero attached hydrogens (tertiary/aromatic N) is 1. The van der Waals surface area contributed by atoms with Crippen molar-refractivity contribution in [2.75, 3.05) is 26.7 Å². The molecule has 10 nitrogen and oxygen atoms in total. The molecule has 3 aromatic rings. The number of aromatic nitrogens is 1. The van der Waals surface area contributed by atoms with Crippen LogP contribution in [0, 0.1) is 11.3 Å². The molecule has 0 radical (unpaired) electrons. The highest BCUT2D eigenvalue weighted by Crippen LogP contribution is 2.44. The van der Waals surface area contributed by atoms with E-state index < -0.39 is 12.1 Å². The second-order valence-corrected chi connectivity index (χ2v) is 11.0. The summed E-state index contributed by atoms with van der Waals surface area (Å²) in [4.78, 5) is 31.7. The van der Waals surface area contributed by atoms with Crippen LogP contribution in [0.2, 0.25) is 0 Å². The quantitative estimate of drug-likeness (QED) is 0.123. The van der Waals surface area contributed by atoms with E-state index >= 15 is 0 Å². The van der Waals surface area contributed by atoms with Crippen molar-refractivity contribution in [1.29, 1.82) is 5.41 Å². The Balaban J connectivity index is 0.00000387. The maximum absolute atomic E-state index is 13.3. The van der Waals surface area contributed by atoms with Gasteiger partial charge in [0.25, 0.3) is 0 Å². The maximum atomic E-state index is 13.3. The molecule has 1 fully saturated rings. The molecule has 2 amide bonds. The fourth-order valence-electron chi connectivity index (χ4n) is 6.28. The average Bonchev–Trinajstić information content (AvgIpc) is 3.37. The van der Waals surface area contributed by atoms with Gasteiger partial charge >= 0.3 is 6.09 Å². The van der Waals surface area contributed by atoms with Crippen LogP contribution >= 0.6 is 12.4 Å². The third-order valence-corrected chi connectivity index (χ3v) is 8.18. The van der Waals surface area contributed by atoms with Crippen molar-refractivity contribution < 1.29 is 14.3 Å². The number of piperidine rings is 1. The molecule has 11 heteroatoms. The van der Waals surface area contributed by atoms with Gasteiger partial charge in [0.15, 0.2) is 5.96 Å². The van der Waals surface area contributed by atoms with Crippen molar-refractivity contribution in [3.63, 3.8) is 0 Å². The first-order chi connectivity index (χ1) is 19.4. The number of amides is 2. The molecule has 220 valence electrons. The number of halogens is 1. The van der Waals surface area contributed by atoms with Crippen LogP contribution < -0.4 is 21.7 Å². The number of fused-ring (bicyclic) bond motifs is 2. The van der Waals surface area contributed by atoms with Gasteiger partial charge in [-0.05, 0) is 61.4 Å². The normalized spacial score (nSPS) is 20.3. The van der Waals surface area contributed by atoms with Crippen LogP contribution in [0.3, 0.4) is 0 Å². The van der Waals surface area contributed by atoms with Gasteiger partial charge in [0.2, 0.25) is 5.91 Å². The van der Waals surface area contributed by atoms with E-state index in [2.05, 4.69) is 57.3 Å². The summed E-state index contributed by atoms with van der Waals surface area (Å²) in [5.74, 6) is 0.340. The molecule has 1 saturated heterocycles. The predicted octanol–water partition coefficient (Wildman–Crippen LogP) is 3.22. The minimum absolute atomic E-state index is 0. The van der Waals surface area contributed by atoms with Gasteiger partial charge in [0, 0.05) is 48.7 Å². The fraction of sp³-hybridized carbons (Fsp3) is 0.433. The zero-order chi connectivity index (χ0) is 28.1. The zero-order valence-electron chi connectivity index (χ0n) is 23.3. The Morgan fingerprint density at radius 2 is 1.98 bits per heavy atom. The molecule has 4 atom stereocenters. The number of hydrogen-bond acceptors (Lipinski definition) is 5. The van der Waals surface area contributed by atoms with Gasteiger partial charge in [-0.1, -0.05) is 42.5 Å². The molecule has 2 aliphatic rings. The summed E-state index contributed by atoms with van der Waals surface area (Å²) in [6.45, 7) is 1.99. The number of hydrogen-bond donors (Lipinski definition) is 6. The van der Waals surface area contributed by atoms with Crippen molar-refractivity contribution in [2.45, 2.75) is 50.3 Å². The number of likely N-dealkylation sites (N-methyl/N-ethyl adjacent to an activating group) is 1. The van der Waals surface area contributed by atoms with E-state index in [-0.39, 0.29) is 36.8 Å². The Kier molecular flexibility index (Phi) is 10.1. The number of alkyl carbamates (subject to hydrolysis) is 1. The lowest BCUT2D eigenvalue weighted by molar-refractivity contribution is -0.123. The standard InChI is InChI=1S/C30H39N7O3.ClH/c1-37-17-20(13-23-22-9-5-10-24-27(22)21(16-34-24)14-26(23)37)15-35-28(38)25(11-6-12-33-29(31)32)36-30(39)40-18-19-7-3-2-4-8-19;/h2-5,7-10,16,20,23,25-26,34H,6,11-15,17-18H2,1H3,(H,35,38)(H,36,39)(H4,31,32,33);1H/t20-,23+,25-,26+;/m0./s1. The number of likely N-dealkylation sites (tertiary alicyclic amines) is 1. The molecule has 5 rings (SSSR count). The first-order valence-electron chi connectivity index (χ1n) is 14.0. The SMILES string of the molecule is CN1C[C@H](CNC(=O)[C@H](CCCNC(=N)N)NC(=O)OCc2ccccc2)C[C@@H]2c3cccc4[nH]cc(c34)C[C@H]21.Cl. The van der Waals surface area contributed by atoms with Crippen LogP contribution in [0.25, 0.3) is 10.9 Å². The number of aromatic amines is 1. The van der Waals surface area contributed by atoms with Crippen LogP contribution in [-0.4, -0.2) is 66.6 Å². The Labute approximate surface area is 246 Å². The maximum Gasteiger partial charge on any atom is 0.408 e. The van der Waals surface area contributed by atoms with E-state index in [0.717, 1.165) is 24.9 Å². The molecule has 0 saturated carbocycles. The number of carbonyl (C=O) groups is 2. The molecule has 2 aromatic carbocycles. The summed E-state index contributed by atoms with van der Waals surface area (Å²) in [5.41, 5.74) is 10.2. The molecule has 0 unspecified atom stereocenters. The van der Waals surface area contributed by atoms with E-state index in [1.165, 1.54) is 22.0 Å². The average molecular weight is 582 g/mol. The highest BCUT2D eigenvalue weighted by molar-refractivity contribution is 5.88. The third-order valence-electron chi connectivity index (χ3n) is 8.18. The van der Waals surface area contributed by atoms with E-state index in [9.17, 15) is 9.59 Å². The van der Waals surface area contributed by atoms with Crippen molar-refractivity contribution in [3.05, 3.63) is 71.4 Å². The molecule has 41 heavy (non-hydrogen) atoms. The van der Waals surface area contributed by atoms with E-state index in [4.69, 9.17) is 15.9 Å². The molecule has 0 spiro atoms. The molecule has 1 aliphatic carbocycles. The fourth-order valence-corrected chi connectivity index (χ4v) is 6.28. The van der Waals surface area contributed by atoms with Gasteiger partial charge in [0.05, 0.1) is 0 Å². The van der Waals surface area contributed by atoms with Gasteiger partial charge in [-0.2, -0.15) is 0 Å².